The number of rotatable bonds is 6. The van der Waals surface area contributed by atoms with Gasteiger partial charge in [-0.05, 0) is 57.9 Å². The standard InChI is InChI=1S/C19H28N2O6/c1-11-10-13(8-9-14(11)26-7)15(16(22)20-12(2)17(23)24)21(6)18(25)27-19(3,4)5/h8-10,12,15H,1-7H3,(H,20,22)(H,23,24)/t12-,15-/m0/s1. The first-order valence-electron chi connectivity index (χ1n) is 8.51. The van der Waals surface area contributed by atoms with Crippen molar-refractivity contribution in [2.75, 3.05) is 14.2 Å². The summed E-state index contributed by atoms with van der Waals surface area (Å²) in [6.07, 6.45) is -0.695. The fourth-order valence-corrected chi connectivity index (χ4v) is 2.42. The number of carboxylic acids is 1. The molecule has 0 saturated carbocycles. The first kappa shape index (κ1) is 22.3. The molecular formula is C19H28N2O6. The average molecular weight is 380 g/mol. The average Bonchev–Trinajstić information content (AvgIpc) is 2.53. The fourth-order valence-electron chi connectivity index (χ4n) is 2.42. The minimum Gasteiger partial charge on any atom is -0.496 e. The van der Waals surface area contributed by atoms with Crippen molar-refractivity contribution in [2.45, 2.75) is 52.3 Å². The number of ether oxygens (including phenoxy) is 2. The van der Waals surface area contributed by atoms with Gasteiger partial charge in [0.15, 0.2) is 0 Å². The number of aryl methyl sites for hydroxylation is 1. The van der Waals surface area contributed by atoms with E-state index in [2.05, 4.69) is 5.32 Å². The van der Waals surface area contributed by atoms with Crippen LogP contribution >= 0.6 is 0 Å². The van der Waals surface area contributed by atoms with Crippen LogP contribution in [0.3, 0.4) is 0 Å². The maximum absolute atomic E-state index is 12.8. The van der Waals surface area contributed by atoms with Crippen LogP contribution in [0.4, 0.5) is 4.79 Å². The molecule has 0 radical (unpaired) electrons. The summed E-state index contributed by atoms with van der Waals surface area (Å²) < 4.78 is 10.6. The van der Waals surface area contributed by atoms with Crippen LogP contribution in [0.1, 0.15) is 44.9 Å². The Morgan fingerprint density at radius 3 is 2.26 bits per heavy atom. The van der Waals surface area contributed by atoms with E-state index in [0.717, 1.165) is 10.5 Å². The van der Waals surface area contributed by atoms with Crippen LogP contribution in [0.2, 0.25) is 0 Å². The third kappa shape index (κ3) is 6.16. The number of amides is 2. The highest BCUT2D eigenvalue weighted by molar-refractivity contribution is 5.90. The molecule has 0 saturated heterocycles. The molecule has 8 heteroatoms. The molecule has 1 aromatic rings. The van der Waals surface area contributed by atoms with Crippen molar-refractivity contribution in [3.05, 3.63) is 29.3 Å². The third-order valence-electron chi connectivity index (χ3n) is 3.78. The molecule has 8 nitrogen and oxygen atoms in total. The van der Waals surface area contributed by atoms with E-state index in [1.54, 1.807) is 39.0 Å². The Labute approximate surface area is 159 Å². The van der Waals surface area contributed by atoms with E-state index in [1.165, 1.54) is 21.1 Å². The van der Waals surface area contributed by atoms with E-state index >= 15 is 0 Å². The lowest BCUT2D eigenvalue weighted by molar-refractivity contribution is -0.142. The molecule has 1 aromatic carbocycles. The molecule has 0 heterocycles. The van der Waals surface area contributed by atoms with Gasteiger partial charge in [-0.15, -0.1) is 0 Å². The molecule has 0 fully saturated rings. The molecule has 0 aromatic heterocycles. The number of carbonyl (C=O) groups is 3. The Morgan fingerprint density at radius 2 is 1.81 bits per heavy atom. The Hall–Kier alpha value is -2.77. The van der Waals surface area contributed by atoms with Crippen LogP contribution in [0.25, 0.3) is 0 Å². The van der Waals surface area contributed by atoms with Crippen LogP contribution < -0.4 is 10.1 Å². The second kappa shape index (κ2) is 8.75. The molecule has 2 atom stereocenters. The van der Waals surface area contributed by atoms with Gasteiger partial charge in [-0.1, -0.05) is 6.07 Å². The third-order valence-corrected chi connectivity index (χ3v) is 3.78. The van der Waals surface area contributed by atoms with Gasteiger partial charge in [0.1, 0.15) is 23.4 Å². The monoisotopic (exact) mass is 380 g/mol. The van der Waals surface area contributed by atoms with Gasteiger partial charge >= 0.3 is 12.1 Å². The normalized spacial score (nSPS) is 13.3. The number of likely N-dealkylation sites (N-methyl/N-ethyl adjacent to an activating group) is 1. The van der Waals surface area contributed by atoms with Gasteiger partial charge in [-0.3, -0.25) is 14.5 Å². The quantitative estimate of drug-likeness (QED) is 0.786. The zero-order valence-electron chi connectivity index (χ0n) is 16.8. The lowest BCUT2D eigenvalue weighted by atomic mass is 10.0. The molecule has 2 amide bonds. The zero-order chi connectivity index (χ0) is 20.9. The van der Waals surface area contributed by atoms with E-state index < -0.39 is 35.7 Å². The Bertz CT molecular complexity index is 711. The molecule has 0 aliphatic heterocycles. The topological polar surface area (TPSA) is 105 Å². The van der Waals surface area contributed by atoms with E-state index in [4.69, 9.17) is 14.6 Å². The van der Waals surface area contributed by atoms with Crippen molar-refractivity contribution < 1.29 is 29.0 Å². The first-order chi connectivity index (χ1) is 12.4. The fraction of sp³-hybridized carbons (Fsp3) is 0.526. The minimum absolute atomic E-state index is 0.511. The summed E-state index contributed by atoms with van der Waals surface area (Å²) in [5, 5.41) is 11.5. The first-order valence-corrected chi connectivity index (χ1v) is 8.51. The molecular weight excluding hydrogens is 352 g/mol. The van der Waals surface area contributed by atoms with Crippen LogP contribution in [0, 0.1) is 6.92 Å². The van der Waals surface area contributed by atoms with Gasteiger partial charge in [0.25, 0.3) is 0 Å². The highest BCUT2D eigenvalue weighted by Crippen LogP contribution is 2.27. The van der Waals surface area contributed by atoms with E-state index in [0.29, 0.717) is 11.3 Å². The Morgan fingerprint density at radius 1 is 1.22 bits per heavy atom. The molecule has 0 bridgehead atoms. The maximum atomic E-state index is 12.8. The predicted octanol–water partition coefficient (Wildman–Crippen LogP) is 2.50. The second-order valence-corrected chi connectivity index (χ2v) is 7.29. The molecule has 150 valence electrons. The molecule has 27 heavy (non-hydrogen) atoms. The number of methoxy groups -OCH3 is 1. The molecule has 0 spiro atoms. The van der Waals surface area contributed by atoms with E-state index in [9.17, 15) is 14.4 Å². The van der Waals surface area contributed by atoms with Gasteiger partial charge in [-0.25, -0.2) is 4.79 Å². The lowest BCUT2D eigenvalue weighted by Crippen LogP contribution is -2.47. The number of carbonyl (C=O) groups excluding carboxylic acids is 2. The molecule has 1 rings (SSSR count). The highest BCUT2D eigenvalue weighted by Gasteiger charge is 2.33. The summed E-state index contributed by atoms with van der Waals surface area (Å²) in [4.78, 5) is 37.5. The van der Waals surface area contributed by atoms with Crippen molar-refractivity contribution in [1.82, 2.24) is 10.2 Å². The second-order valence-electron chi connectivity index (χ2n) is 7.29. The van der Waals surface area contributed by atoms with Crippen LogP contribution in [-0.4, -0.2) is 53.8 Å². The molecule has 0 aliphatic rings. The van der Waals surface area contributed by atoms with Gasteiger partial charge in [0, 0.05) is 7.05 Å². The minimum atomic E-state index is -1.17. The summed E-state index contributed by atoms with van der Waals surface area (Å²) in [6.45, 7) is 8.32. The number of benzene rings is 1. The van der Waals surface area contributed by atoms with Gasteiger partial charge in [-0.2, -0.15) is 0 Å². The van der Waals surface area contributed by atoms with Gasteiger partial charge in [0.2, 0.25) is 5.91 Å². The smallest absolute Gasteiger partial charge is 0.410 e. The van der Waals surface area contributed by atoms with Crippen molar-refractivity contribution in [3.8, 4) is 5.75 Å². The Balaban J connectivity index is 3.27. The van der Waals surface area contributed by atoms with Crippen molar-refractivity contribution in [3.63, 3.8) is 0 Å². The molecule has 2 N–H and O–H groups in total. The SMILES string of the molecule is COc1ccc([C@@H](C(=O)N[C@@H](C)C(=O)O)N(C)C(=O)OC(C)(C)C)cc1C. The number of hydrogen-bond acceptors (Lipinski definition) is 5. The zero-order valence-corrected chi connectivity index (χ0v) is 16.8. The summed E-state index contributed by atoms with van der Waals surface area (Å²) in [5.74, 6) is -1.16. The van der Waals surface area contributed by atoms with Crippen molar-refractivity contribution in [1.29, 1.82) is 0 Å². The Kier molecular flexibility index (Phi) is 7.21. The summed E-state index contributed by atoms with van der Waals surface area (Å²) >= 11 is 0. The predicted molar refractivity (Wildman–Crippen MR) is 99.7 cm³/mol. The molecule has 0 unspecified atom stereocenters. The van der Waals surface area contributed by atoms with Crippen molar-refractivity contribution in [2.24, 2.45) is 0 Å². The number of nitrogens with zero attached hydrogens (tertiary/aromatic N) is 1. The largest absolute Gasteiger partial charge is 0.496 e. The maximum Gasteiger partial charge on any atom is 0.410 e. The lowest BCUT2D eigenvalue weighted by Gasteiger charge is -2.31. The van der Waals surface area contributed by atoms with E-state index in [-0.39, 0.29) is 0 Å². The number of nitrogens with one attached hydrogen (secondary N) is 1. The van der Waals surface area contributed by atoms with Gasteiger partial charge in [0.05, 0.1) is 7.11 Å². The summed E-state index contributed by atoms with van der Waals surface area (Å²) in [7, 11) is 2.97. The summed E-state index contributed by atoms with van der Waals surface area (Å²) in [6, 6.07) is 2.89. The van der Waals surface area contributed by atoms with Crippen molar-refractivity contribution >= 4 is 18.0 Å². The number of hydrogen-bond donors (Lipinski definition) is 2. The highest BCUT2D eigenvalue weighted by atomic mass is 16.6. The summed E-state index contributed by atoms with van der Waals surface area (Å²) in [5.41, 5.74) is 0.546. The number of carboxylic acid groups (broad SMARTS) is 1. The van der Waals surface area contributed by atoms with Crippen LogP contribution in [-0.2, 0) is 14.3 Å². The van der Waals surface area contributed by atoms with E-state index in [1.807, 2.05) is 6.92 Å². The van der Waals surface area contributed by atoms with Crippen LogP contribution in [0.5, 0.6) is 5.75 Å². The molecule has 0 aliphatic carbocycles. The van der Waals surface area contributed by atoms with Crippen LogP contribution in [0.15, 0.2) is 18.2 Å². The van der Waals surface area contributed by atoms with Gasteiger partial charge < -0.3 is 19.9 Å². The number of aliphatic carboxylic acids is 1.